The number of nitrogens with zero attached hydrogens (tertiary/aromatic N) is 2. The highest BCUT2D eigenvalue weighted by molar-refractivity contribution is 6.14. The molecular formula is C50H32N2. The predicted molar refractivity (Wildman–Crippen MR) is 221 cm³/mol. The van der Waals surface area contributed by atoms with Gasteiger partial charge in [0.05, 0.1) is 27.8 Å². The van der Waals surface area contributed by atoms with Gasteiger partial charge in [-0.2, -0.15) is 0 Å². The summed E-state index contributed by atoms with van der Waals surface area (Å²) in [5.74, 6) is 0. The van der Waals surface area contributed by atoms with E-state index < -0.39 is 0 Å². The van der Waals surface area contributed by atoms with Crippen LogP contribution >= 0.6 is 0 Å². The summed E-state index contributed by atoms with van der Waals surface area (Å²) < 4.78 is 4.83. The van der Waals surface area contributed by atoms with Gasteiger partial charge in [0.1, 0.15) is 0 Å². The van der Waals surface area contributed by atoms with E-state index in [1.54, 1.807) is 0 Å². The summed E-state index contributed by atoms with van der Waals surface area (Å²) >= 11 is 0. The van der Waals surface area contributed by atoms with Crippen molar-refractivity contribution in [3.05, 3.63) is 194 Å². The van der Waals surface area contributed by atoms with Gasteiger partial charge in [-0.25, -0.2) is 0 Å². The Kier molecular flexibility index (Phi) is 6.28. The van der Waals surface area contributed by atoms with Gasteiger partial charge < -0.3 is 9.13 Å². The largest absolute Gasteiger partial charge is 0.309 e. The molecule has 2 heterocycles. The first-order chi connectivity index (χ1) is 25.8. The first-order valence-corrected chi connectivity index (χ1v) is 17.9. The second kappa shape index (κ2) is 11.3. The highest BCUT2D eigenvalue weighted by atomic mass is 15.0. The topological polar surface area (TPSA) is 9.86 Å². The molecule has 11 rings (SSSR count). The molecule has 11 aromatic rings. The maximum Gasteiger partial charge on any atom is 0.0547 e. The van der Waals surface area contributed by atoms with Gasteiger partial charge in [-0.15, -0.1) is 0 Å². The number of benzene rings is 9. The number of fused-ring (bicyclic) bond motifs is 8. The van der Waals surface area contributed by atoms with Crippen molar-refractivity contribution in [2.24, 2.45) is 0 Å². The van der Waals surface area contributed by atoms with Crippen molar-refractivity contribution >= 4 is 65.2 Å². The highest BCUT2D eigenvalue weighted by Gasteiger charge is 2.18. The van der Waals surface area contributed by atoms with Gasteiger partial charge in [0, 0.05) is 32.6 Å². The summed E-state index contributed by atoms with van der Waals surface area (Å²) in [5, 5.41) is 10.0. The average molecular weight is 661 g/mol. The molecule has 0 fully saturated rings. The Morgan fingerprint density at radius 3 is 1.54 bits per heavy atom. The van der Waals surface area contributed by atoms with E-state index in [0.29, 0.717) is 0 Å². The van der Waals surface area contributed by atoms with E-state index >= 15 is 0 Å². The summed E-state index contributed by atoms with van der Waals surface area (Å²) in [4.78, 5) is 0. The van der Waals surface area contributed by atoms with Crippen LogP contribution in [0, 0.1) is 0 Å². The van der Waals surface area contributed by atoms with E-state index in [0.717, 1.165) is 0 Å². The third-order valence-electron chi connectivity index (χ3n) is 10.9. The molecule has 2 heteroatoms. The van der Waals surface area contributed by atoms with Crippen LogP contribution in [-0.2, 0) is 0 Å². The van der Waals surface area contributed by atoms with Gasteiger partial charge in [-0.05, 0) is 86.9 Å². The lowest BCUT2D eigenvalue weighted by Crippen LogP contribution is -1.95. The number of para-hydroxylation sites is 3. The van der Waals surface area contributed by atoms with Gasteiger partial charge in [0.25, 0.3) is 0 Å². The molecule has 0 bridgehead atoms. The van der Waals surface area contributed by atoms with Crippen LogP contribution in [0.15, 0.2) is 194 Å². The van der Waals surface area contributed by atoms with Crippen molar-refractivity contribution < 1.29 is 0 Å². The third kappa shape index (κ3) is 4.25. The van der Waals surface area contributed by atoms with Gasteiger partial charge in [0.2, 0.25) is 0 Å². The van der Waals surface area contributed by atoms with Crippen LogP contribution in [0.1, 0.15) is 0 Å². The Hall–Kier alpha value is -6.90. The van der Waals surface area contributed by atoms with E-state index in [2.05, 4.69) is 203 Å². The maximum absolute atomic E-state index is 2.45. The molecule has 0 amide bonds. The molecular weight excluding hydrogens is 629 g/mol. The molecule has 0 aliphatic rings. The quantitative estimate of drug-likeness (QED) is 0.178. The second-order valence-corrected chi connectivity index (χ2v) is 13.7. The summed E-state index contributed by atoms with van der Waals surface area (Å²) in [6.45, 7) is 0. The number of aromatic nitrogens is 2. The van der Waals surface area contributed by atoms with Crippen LogP contribution in [0.5, 0.6) is 0 Å². The molecule has 2 aromatic heterocycles. The number of hydrogen-bond acceptors (Lipinski definition) is 0. The van der Waals surface area contributed by atoms with Crippen LogP contribution in [0.2, 0.25) is 0 Å². The Balaban J connectivity index is 1.11. The zero-order valence-electron chi connectivity index (χ0n) is 28.4. The lowest BCUT2D eigenvalue weighted by molar-refractivity contribution is 1.18. The molecule has 0 spiro atoms. The van der Waals surface area contributed by atoms with Crippen LogP contribution in [0.4, 0.5) is 0 Å². The first kappa shape index (κ1) is 28.9. The lowest BCUT2D eigenvalue weighted by atomic mass is 9.91. The molecule has 0 radical (unpaired) electrons. The Labute approximate surface area is 301 Å². The molecule has 52 heavy (non-hydrogen) atoms. The van der Waals surface area contributed by atoms with Gasteiger partial charge in [0.15, 0.2) is 0 Å². The van der Waals surface area contributed by atoms with E-state index in [4.69, 9.17) is 0 Å². The molecule has 0 unspecified atom stereocenters. The Morgan fingerprint density at radius 1 is 0.269 bits per heavy atom. The molecule has 2 nitrogen and oxygen atoms in total. The van der Waals surface area contributed by atoms with Crippen molar-refractivity contribution in [1.82, 2.24) is 9.13 Å². The van der Waals surface area contributed by atoms with Crippen LogP contribution < -0.4 is 0 Å². The Bertz CT molecular complexity index is 3170. The number of rotatable bonds is 4. The summed E-state index contributed by atoms with van der Waals surface area (Å²) in [5.41, 5.74) is 12.1. The predicted octanol–water partition coefficient (Wildman–Crippen LogP) is 13.5. The smallest absolute Gasteiger partial charge is 0.0547 e. The molecule has 0 saturated heterocycles. The molecule has 242 valence electrons. The average Bonchev–Trinajstić information content (AvgIpc) is 3.72. The van der Waals surface area contributed by atoms with E-state index in [1.807, 2.05) is 0 Å². The van der Waals surface area contributed by atoms with E-state index in [1.165, 1.54) is 98.8 Å². The van der Waals surface area contributed by atoms with Crippen LogP contribution in [-0.4, -0.2) is 9.13 Å². The van der Waals surface area contributed by atoms with Gasteiger partial charge in [-0.3, -0.25) is 0 Å². The molecule has 0 N–H and O–H groups in total. The van der Waals surface area contributed by atoms with Crippen molar-refractivity contribution in [1.29, 1.82) is 0 Å². The number of hydrogen-bond donors (Lipinski definition) is 0. The first-order valence-electron chi connectivity index (χ1n) is 17.9. The van der Waals surface area contributed by atoms with Crippen LogP contribution in [0.25, 0.3) is 98.8 Å². The van der Waals surface area contributed by atoms with Crippen molar-refractivity contribution in [3.8, 4) is 33.6 Å². The standard InChI is InChI=1S/C50H32N2/c1-2-15-36(16-3-1)51-47-22-10-9-21-43(47)45-31-34(26-30-49(45)51)37-28-29-38(41-19-7-6-18-40(37)41)35-25-27-44-42-20-8-11-23-48(42)52(50(44)32-35)46-24-12-14-33-13-4-5-17-39(33)46/h1-32H. The third-order valence-corrected chi connectivity index (χ3v) is 10.9. The normalized spacial score (nSPS) is 11.8. The summed E-state index contributed by atoms with van der Waals surface area (Å²) in [6.07, 6.45) is 0. The monoisotopic (exact) mass is 660 g/mol. The highest BCUT2D eigenvalue weighted by Crippen LogP contribution is 2.41. The Morgan fingerprint density at radius 2 is 0.788 bits per heavy atom. The summed E-state index contributed by atoms with van der Waals surface area (Å²) in [6, 6.07) is 71.0. The minimum Gasteiger partial charge on any atom is -0.309 e. The van der Waals surface area contributed by atoms with Gasteiger partial charge >= 0.3 is 0 Å². The SMILES string of the molecule is c1ccc(-n2c3ccccc3c3cc(-c4ccc(-c5ccc6c7ccccc7n(-c7cccc8ccccc78)c6c5)c5ccccc45)ccc32)cc1. The molecule has 9 aromatic carbocycles. The van der Waals surface area contributed by atoms with Crippen molar-refractivity contribution in [2.45, 2.75) is 0 Å². The minimum atomic E-state index is 1.17. The fourth-order valence-corrected chi connectivity index (χ4v) is 8.60. The fraction of sp³-hybridized carbons (Fsp3) is 0. The maximum atomic E-state index is 2.45. The summed E-state index contributed by atoms with van der Waals surface area (Å²) in [7, 11) is 0. The molecule has 0 atom stereocenters. The minimum absolute atomic E-state index is 1.17. The fourth-order valence-electron chi connectivity index (χ4n) is 8.60. The lowest BCUT2D eigenvalue weighted by Gasteiger charge is -2.14. The van der Waals surface area contributed by atoms with Crippen molar-refractivity contribution in [3.63, 3.8) is 0 Å². The van der Waals surface area contributed by atoms with E-state index in [9.17, 15) is 0 Å². The van der Waals surface area contributed by atoms with Crippen molar-refractivity contribution in [2.75, 3.05) is 0 Å². The molecule has 0 aliphatic heterocycles. The second-order valence-electron chi connectivity index (χ2n) is 13.7. The molecule has 0 saturated carbocycles. The van der Waals surface area contributed by atoms with E-state index in [-0.39, 0.29) is 0 Å². The van der Waals surface area contributed by atoms with Crippen LogP contribution in [0.3, 0.4) is 0 Å². The zero-order valence-corrected chi connectivity index (χ0v) is 28.4. The zero-order chi connectivity index (χ0) is 34.2. The van der Waals surface area contributed by atoms with Gasteiger partial charge in [-0.1, -0.05) is 146 Å². The molecule has 0 aliphatic carbocycles.